The number of nitrogen functional groups attached to an aromatic ring is 1. The van der Waals surface area contributed by atoms with Gasteiger partial charge in [-0.25, -0.2) is 9.97 Å². The summed E-state index contributed by atoms with van der Waals surface area (Å²) in [5, 5.41) is 23.2. The first kappa shape index (κ1) is 22.3. The van der Waals surface area contributed by atoms with E-state index in [1.165, 1.54) is 23.1 Å². The van der Waals surface area contributed by atoms with Crippen LogP contribution < -0.4 is 11.1 Å². The van der Waals surface area contributed by atoms with Gasteiger partial charge in [-0.2, -0.15) is 10.5 Å². The molecule has 3 N–H and O–H groups in total. The van der Waals surface area contributed by atoms with Crippen LogP contribution in [0.15, 0.2) is 53.6 Å². The first-order valence-electron chi connectivity index (χ1n) is 9.99. The van der Waals surface area contributed by atoms with Gasteiger partial charge in [-0.3, -0.25) is 4.79 Å². The number of aromatic nitrogens is 2. The minimum atomic E-state index is -0.179. The number of aryl methyl sites for hydroxylation is 1. The fraction of sp³-hybridized carbons (Fsp3) is 0.125. The summed E-state index contributed by atoms with van der Waals surface area (Å²) in [5.41, 5.74) is 9.64. The zero-order valence-corrected chi connectivity index (χ0v) is 19.3. The molecule has 4 rings (SSSR count). The Morgan fingerprint density at radius 2 is 1.88 bits per heavy atom. The summed E-state index contributed by atoms with van der Waals surface area (Å²) in [6.45, 7) is 2.01. The number of carbonyl (C=O) groups excluding carboxylic acids is 1. The zero-order chi connectivity index (χ0) is 23.4. The number of nitrogens with two attached hydrogens (primary N) is 1. The van der Waals surface area contributed by atoms with E-state index >= 15 is 0 Å². The molecule has 0 fully saturated rings. The Balaban J connectivity index is 1.50. The molecule has 9 heteroatoms. The minimum Gasteiger partial charge on any atom is -0.383 e. The van der Waals surface area contributed by atoms with Crippen LogP contribution >= 0.6 is 23.1 Å². The summed E-state index contributed by atoms with van der Waals surface area (Å²) < 4.78 is 1.02. The van der Waals surface area contributed by atoms with Crippen LogP contribution in [-0.2, 0) is 4.79 Å². The molecule has 0 aliphatic heterocycles. The van der Waals surface area contributed by atoms with Crippen LogP contribution in [0.4, 0.5) is 10.9 Å². The second-order valence-electron chi connectivity index (χ2n) is 7.15. The van der Waals surface area contributed by atoms with Gasteiger partial charge in [-0.05, 0) is 30.2 Å². The number of thiazole rings is 1. The molecule has 0 atom stereocenters. The maximum absolute atomic E-state index is 12.4. The maximum atomic E-state index is 12.4. The normalized spacial score (nSPS) is 10.5. The molecule has 0 unspecified atom stereocenters. The fourth-order valence-electron chi connectivity index (χ4n) is 3.30. The summed E-state index contributed by atoms with van der Waals surface area (Å²) in [6, 6.07) is 19.3. The van der Waals surface area contributed by atoms with E-state index in [9.17, 15) is 15.3 Å². The molecule has 0 aliphatic rings. The number of thioether (sulfide) groups is 1. The second-order valence-corrected chi connectivity index (χ2v) is 9.27. The fourth-order valence-corrected chi connectivity index (χ4v) is 5.22. The third kappa shape index (κ3) is 4.80. The molecule has 4 aromatic rings. The third-order valence-corrected chi connectivity index (χ3v) is 6.75. The van der Waals surface area contributed by atoms with E-state index in [1.54, 1.807) is 0 Å². The van der Waals surface area contributed by atoms with Crippen LogP contribution in [0.5, 0.6) is 0 Å². The van der Waals surface area contributed by atoms with Crippen molar-refractivity contribution in [1.82, 2.24) is 9.97 Å². The largest absolute Gasteiger partial charge is 0.383 e. The summed E-state index contributed by atoms with van der Waals surface area (Å²) in [5.74, 6) is 0.269. The van der Waals surface area contributed by atoms with Gasteiger partial charge in [0.2, 0.25) is 5.91 Å². The Bertz CT molecular complexity index is 1430. The number of pyridine rings is 1. The van der Waals surface area contributed by atoms with Crippen molar-refractivity contribution in [3.05, 3.63) is 65.2 Å². The first-order chi connectivity index (χ1) is 16.0. The lowest BCUT2D eigenvalue weighted by atomic mass is 9.97. The molecule has 0 saturated carbocycles. The Morgan fingerprint density at radius 3 is 2.61 bits per heavy atom. The van der Waals surface area contributed by atoms with E-state index in [-0.39, 0.29) is 29.3 Å². The van der Waals surface area contributed by atoms with Crippen molar-refractivity contribution >= 4 is 50.2 Å². The van der Waals surface area contributed by atoms with Crippen molar-refractivity contribution in [3.8, 4) is 23.3 Å². The highest BCUT2D eigenvalue weighted by Gasteiger charge is 2.20. The average Bonchev–Trinajstić information content (AvgIpc) is 3.20. The molecule has 7 nitrogen and oxygen atoms in total. The zero-order valence-electron chi connectivity index (χ0n) is 17.6. The minimum absolute atomic E-state index is 0.0621. The molecule has 2 aromatic heterocycles. The first-order valence-corrected chi connectivity index (χ1v) is 11.8. The van der Waals surface area contributed by atoms with Crippen LogP contribution in [0.1, 0.15) is 23.1 Å². The van der Waals surface area contributed by atoms with Crippen molar-refractivity contribution in [2.24, 2.45) is 0 Å². The number of carbonyl (C=O) groups is 1. The maximum Gasteiger partial charge on any atom is 0.226 e. The number of nitriles is 2. The number of anilines is 2. The van der Waals surface area contributed by atoms with Gasteiger partial charge in [0, 0.05) is 17.7 Å². The van der Waals surface area contributed by atoms with Gasteiger partial charge in [-0.1, -0.05) is 47.7 Å². The van der Waals surface area contributed by atoms with Crippen molar-refractivity contribution in [2.45, 2.75) is 18.4 Å². The highest BCUT2D eigenvalue weighted by molar-refractivity contribution is 7.99. The Kier molecular flexibility index (Phi) is 6.55. The molecule has 2 heterocycles. The van der Waals surface area contributed by atoms with Crippen molar-refractivity contribution < 1.29 is 4.79 Å². The average molecular weight is 471 g/mol. The number of amides is 1. The third-order valence-electron chi connectivity index (χ3n) is 4.84. The molecule has 1 amide bonds. The molecular weight excluding hydrogens is 452 g/mol. The van der Waals surface area contributed by atoms with E-state index in [2.05, 4.69) is 27.4 Å². The number of hydrogen-bond donors (Lipinski definition) is 2. The van der Waals surface area contributed by atoms with Crippen LogP contribution in [0, 0.1) is 29.6 Å². The van der Waals surface area contributed by atoms with Gasteiger partial charge in [0.1, 0.15) is 28.5 Å². The summed E-state index contributed by atoms with van der Waals surface area (Å²) in [7, 11) is 0. The van der Waals surface area contributed by atoms with Crippen molar-refractivity contribution in [2.75, 3.05) is 16.8 Å². The molecule has 2 aromatic carbocycles. The number of benzene rings is 2. The van der Waals surface area contributed by atoms with Crippen molar-refractivity contribution in [1.29, 1.82) is 10.5 Å². The Morgan fingerprint density at radius 1 is 1.12 bits per heavy atom. The molecule has 0 spiro atoms. The summed E-state index contributed by atoms with van der Waals surface area (Å²) in [6.07, 6.45) is 0.201. The lowest BCUT2D eigenvalue weighted by molar-refractivity contribution is -0.115. The van der Waals surface area contributed by atoms with E-state index in [1.807, 2.05) is 55.5 Å². The second kappa shape index (κ2) is 9.70. The van der Waals surface area contributed by atoms with Crippen LogP contribution in [0.25, 0.3) is 21.3 Å². The molecule has 0 bridgehead atoms. The SMILES string of the molecule is Cc1ccc2nc(NC(=O)CCSc3nc(N)c(C#N)c(-c4ccccc4)c3C#N)sc2c1. The molecule has 162 valence electrons. The van der Waals surface area contributed by atoms with E-state index in [0.29, 0.717) is 27.0 Å². The van der Waals surface area contributed by atoms with Gasteiger partial charge in [-0.15, -0.1) is 11.8 Å². The highest BCUT2D eigenvalue weighted by atomic mass is 32.2. The lowest BCUT2D eigenvalue weighted by Crippen LogP contribution is -2.12. The number of nitrogens with zero attached hydrogens (tertiary/aromatic N) is 4. The number of fused-ring (bicyclic) bond motifs is 1. The number of rotatable bonds is 6. The van der Waals surface area contributed by atoms with Crippen molar-refractivity contribution in [3.63, 3.8) is 0 Å². The predicted octanol–water partition coefficient (Wildman–Crippen LogP) is 5.11. The molecular formula is C24H18N6OS2. The van der Waals surface area contributed by atoms with Crippen LogP contribution in [0.2, 0.25) is 0 Å². The van der Waals surface area contributed by atoms with Gasteiger partial charge < -0.3 is 11.1 Å². The Labute approximate surface area is 198 Å². The predicted molar refractivity (Wildman–Crippen MR) is 132 cm³/mol. The lowest BCUT2D eigenvalue weighted by Gasteiger charge is -2.12. The molecule has 0 aliphatic carbocycles. The number of nitrogens with one attached hydrogen (secondary N) is 1. The van der Waals surface area contributed by atoms with E-state index in [4.69, 9.17) is 5.73 Å². The van der Waals surface area contributed by atoms with Gasteiger partial charge in [0.15, 0.2) is 5.13 Å². The highest BCUT2D eigenvalue weighted by Crippen LogP contribution is 2.35. The smallest absolute Gasteiger partial charge is 0.226 e. The summed E-state index contributed by atoms with van der Waals surface area (Å²) in [4.78, 5) is 21.2. The van der Waals surface area contributed by atoms with E-state index < -0.39 is 0 Å². The quantitative estimate of drug-likeness (QED) is 0.374. The van der Waals surface area contributed by atoms with Gasteiger partial charge >= 0.3 is 0 Å². The number of hydrogen-bond acceptors (Lipinski definition) is 8. The molecule has 0 saturated heterocycles. The topological polar surface area (TPSA) is 128 Å². The molecule has 33 heavy (non-hydrogen) atoms. The monoisotopic (exact) mass is 470 g/mol. The van der Waals surface area contributed by atoms with Gasteiger partial charge in [0.25, 0.3) is 0 Å². The van der Waals surface area contributed by atoms with Gasteiger partial charge in [0.05, 0.1) is 15.8 Å². The molecule has 0 radical (unpaired) electrons. The Hall–Kier alpha value is -3.92. The van der Waals surface area contributed by atoms with Crippen LogP contribution in [-0.4, -0.2) is 21.6 Å². The van der Waals surface area contributed by atoms with E-state index in [0.717, 1.165) is 15.8 Å². The van der Waals surface area contributed by atoms with Crippen LogP contribution in [0.3, 0.4) is 0 Å². The standard InChI is InChI=1S/C24H18N6OS2/c1-14-7-8-18-19(11-14)33-24(28-18)29-20(31)9-10-32-23-17(13-26)21(15-5-3-2-4-6-15)16(12-25)22(27)30-23/h2-8,11H,9-10H2,1H3,(H2,27,30)(H,28,29,31). The summed E-state index contributed by atoms with van der Waals surface area (Å²) >= 11 is 2.69.